The van der Waals surface area contributed by atoms with Gasteiger partial charge in [0.2, 0.25) is 0 Å². The Hall–Kier alpha value is -2.20. The zero-order chi connectivity index (χ0) is 34.9. The number of unbranched alkanes of at least 4 members (excludes halogenated alkanes) is 16. The van der Waals surface area contributed by atoms with E-state index >= 15 is 0 Å². The van der Waals surface area contributed by atoms with Crippen molar-refractivity contribution >= 4 is 23.9 Å². The molecule has 0 aromatic rings. The van der Waals surface area contributed by atoms with E-state index in [1.54, 1.807) is 0 Å². The smallest absolute Gasteiger partial charge is 0.305 e. The first-order valence-electron chi connectivity index (χ1n) is 18.7. The number of rotatable bonds is 34. The van der Waals surface area contributed by atoms with E-state index in [4.69, 9.17) is 18.9 Å². The van der Waals surface area contributed by atoms with Gasteiger partial charge in [-0.05, 0) is 38.5 Å². The first kappa shape index (κ1) is 44.8. The minimum absolute atomic E-state index is 0.145. The average Bonchev–Trinajstić information content (AvgIpc) is 3.07. The van der Waals surface area contributed by atoms with Gasteiger partial charge in [-0.25, -0.2) is 0 Å². The minimum Gasteiger partial charge on any atom is -0.466 e. The number of hydrogen-bond donors (Lipinski definition) is 2. The maximum Gasteiger partial charge on any atom is 0.305 e. The van der Waals surface area contributed by atoms with E-state index in [0.717, 1.165) is 25.7 Å². The lowest BCUT2D eigenvalue weighted by Gasteiger charge is -2.28. The van der Waals surface area contributed by atoms with Crippen LogP contribution in [0.1, 0.15) is 168 Å². The quantitative estimate of drug-likeness (QED) is 0.0400. The highest BCUT2D eigenvalue weighted by molar-refractivity contribution is 5.70. The van der Waals surface area contributed by atoms with Crippen molar-refractivity contribution in [2.24, 2.45) is 5.41 Å². The molecular formula is C37H68O10. The van der Waals surface area contributed by atoms with Gasteiger partial charge in [0, 0.05) is 25.7 Å². The molecule has 0 fully saturated rings. The van der Waals surface area contributed by atoms with Crippen LogP contribution >= 0.6 is 0 Å². The topological polar surface area (TPSA) is 146 Å². The van der Waals surface area contributed by atoms with Crippen molar-refractivity contribution in [1.82, 2.24) is 0 Å². The molecule has 0 aromatic heterocycles. The second-order valence-corrected chi connectivity index (χ2v) is 12.9. The molecule has 0 atom stereocenters. The molecule has 0 aliphatic carbocycles. The zero-order valence-electron chi connectivity index (χ0n) is 29.9. The summed E-state index contributed by atoms with van der Waals surface area (Å²) in [5.41, 5.74) is -1.29. The van der Waals surface area contributed by atoms with Gasteiger partial charge in [0.05, 0.1) is 31.8 Å². The predicted octanol–water partition coefficient (Wildman–Crippen LogP) is 7.53. The lowest BCUT2D eigenvalue weighted by Crippen LogP contribution is -2.41. The van der Waals surface area contributed by atoms with Crippen LogP contribution in [0.4, 0.5) is 0 Å². The Morgan fingerprint density at radius 2 is 0.681 bits per heavy atom. The van der Waals surface area contributed by atoms with Crippen LogP contribution in [0.25, 0.3) is 0 Å². The van der Waals surface area contributed by atoms with E-state index in [2.05, 4.69) is 13.8 Å². The summed E-state index contributed by atoms with van der Waals surface area (Å²) in [7, 11) is 0. The third kappa shape index (κ3) is 28.5. The lowest BCUT2D eigenvalue weighted by atomic mass is 9.92. The normalized spacial score (nSPS) is 11.3. The molecule has 0 unspecified atom stereocenters. The van der Waals surface area contributed by atoms with Gasteiger partial charge >= 0.3 is 23.9 Å². The zero-order valence-corrected chi connectivity index (χ0v) is 29.9. The van der Waals surface area contributed by atoms with Crippen molar-refractivity contribution in [3.8, 4) is 0 Å². The van der Waals surface area contributed by atoms with E-state index < -0.39 is 30.6 Å². The lowest BCUT2D eigenvalue weighted by molar-refractivity contribution is -0.159. The fraction of sp³-hybridized carbons (Fsp3) is 0.892. The van der Waals surface area contributed by atoms with Gasteiger partial charge in [0.15, 0.2) is 0 Å². The third-order valence-corrected chi connectivity index (χ3v) is 8.29. The second-order valence-electron chi connectivity index (χ2n) is 12.9. The largest absolute Gasteiger partial charge is 0.466 e. The summed E-state index contributed by atoms with van der Waals surface area (Å²) in [6, 6.07) is 0. The number of carbonyl (C=O) groups is 4. The molecule has 0 bridgehead atoms. The molecule has 0 aliphatic heterocycles. The van der Waals surface area contributed by atoms with E-state index in [1.807, 2.05) is 0 Å². The molecule has 0 saturated carbocycles. The van der Waals surface area contributed by atoms with Crippen LogP contribution in [0.2, 0.25) is 0 Å². The monoisotopic (exact) mass is 672 g/mol. The fourth-order valence-electron chi connectivity index (χ4n) is 4.95. The van der Waals surface area contributed by atoms with Crippen molar-refractivity contribution in [2.75, 3.05) is 39.6 Å². The van der Waals surface area contributed by atoms with Gasteiger partial charge in [-0.1, -0.05) is 104 Å². The summed E-state index contributed by atoms with van der Waals surface area (Å²) in [4.78, 5) is 48.2. The first-order chi connectivity index (χ1) is 22.8. The van der Waals surface area contributed by atoms with E-state index in [9.17, 15) is 29.4 Å². The molecule has 47 heavy (non-hydrogen) atoms. The van der Waals surface area contributed by atoms with E-state index in [1.165, 1.54) is 64.2 Å². The van der Waals surface area contributed by atoms with Crippen molar-refractivity contribution in [1.29, 1.82) is 0 Å². The van der Waals surface area contributed by atoms with Crippen LogP contribution < -0.4 is 0 Å². The van der Waals surface area contributed by atoms with Crippen LogP contribution in [0.5, 0.6) is 0 Å². The molecular weight excluding hydrogens is 604 g/mol. The fourth-order valence-corrected chi connectivity index (χ4v) is 4.95. The standard InChI is InChI=1S/C37H68O10/c1-3-5-7-9-11-13-21-27-44-33(40)23-17-15-19-25-35(42)46-31-37(29-38,30-39)32-47-36(43)26-20-16-18-24-34(41)45-28-22-14-12-10-8-6-4-2/h38-39H,3-32H2,1-2H3. The SMILES string of the molecule is CCCCCCCCCOC(=O)CCCCCC(=O)OCC(CO)(CO)COC(=O)CCCCCC(=O)OCCCCCCCCC. The predicted molar refractivity (Wildman–Crippen MR) is 183 cm³/mol. The number of aliphatic hydroxyl groups excluding tert-OH is 2. The van der Waals surface area contributed by atoms with Crippen LogP contribution in [0.15, 0.2) is 0 Å². The molecule has 0 aromatic carbocycles. The molecule has 0 spiro atoms. The Labute approximate surface area is 285 Å². The van der Waals surface area contributed by atoms with Crippen molar-refractivity contribution in [3.05, 3.63) is 0 Å². The summed E-state index contributed by atoms with van der Waals surface area (Å²) < 4.78 is 21.1. The van der Waals surface area contributed by atoms with Gasteiger partial charge in [-0.2, -0.15) is 0 Å². The van der Waals surface area contributed by atoms with Crippen molar-refractivity contribution in [3.63, 3.8) is 0 Å². The van der Waals surface area contributed by atoms with Crippen LogP contribution in [-0.4, -0.2) is 73.7 Å². The van der Waals surface area contributed by atoms with Gasteiger partial charge in [-0.3, -0.25) is 19.2 Å². The van der Waals surface area contributed by atoms with Crippen LogP contribution in [-0.2, 0) is 38.1 Å². The Morgan fingerprint density at radius 1 is 0.404 bits per heavy atom. The number of esters is 4. The minimum atomic E-state index is -1.29. The molecule has 276 valence electrons. The summed E-state index contributed by atoms with van der Waals surface area (Å²) in [5.74, 6) is -1.38. The number of ether oxygens (including phenoxy) is 4. The Bertz CT molecular complexity index is 721. The Kier molecular flexibility index (Phi) is 30.8. The molecule has 0 radical (unpaired) electrons. The Balaban J connectivity index is 3.92. The maximum atomic E-state index is 12.2. The van der Waals surface area contributed by atoms with E-state index in [0.29, 0.717) is 64.6 Å². The third-order valence-electron chi connectivity index (χ3n) is 8.29. The van der Waals surface area contributed by atoms with Crippen molar-refractivity contribution in [2.45, 2.75) is 168 Å². The van der Waals surface area contributed by atoms with Crippen LogP contribution in [0.3, 0.4) is 0 Å². The molecule has 2 N–H and O–H groups in total. The van der Waals surface area contributed by atoms with Gasteiger partial charge < -0.3 is 29.2 Å². The van der Waals surface area contributed by atoms with Gasteiger partial charge in [0.25, 0.3) is 0 Å². The average molecular weight is 673 g/mol. The summed E-state index contributed by atoms with van der Waals surface area (Å²) in [6.07, 6.45) is 20.9. The maximum absolute atomic E-state index is 12.2. The summed E-state index contributed by atoms with van der Waals surface area (Å²) >= 11 is 0. The highest BCUT2D eigenvalue weighted by atomic mass is 16.6. The number of aliphatic hydroxyl groups is 2. The van der Waals surface area contributed by atoms with E-state index in [-0.39, 0.29) is 38.0 Å². The molecule has 0 saturated heterocycles. The van der Waals surface area contributed by atoms with Gasteiger partial charge in [0.1, 0.15) is 13.2 Å². The van der Waals surface area contributed by atoms with Crippen LogP contribution in [0, 0.1) is 5.41 Å². The molecule has 10 nitrogen and oxygen atoms in total. The Morgan fingerprint density at radius 3 is 1.00 bits per heavy atom. The summed E-state index contributed by atoms with van der Waals surface area (Å²) in [5, 5.41) is 19.7. The first-order valence-corrected chi connectivity index (χ1v) is 18.7. The highest BCUT2D eigenvalue weighted by Crippen LogP contribution is 2.19. The molecule has 0 rings (SSSR count). The second kappa shape index (κ2) is 32.4. The molecule has 0 heterocycles. The molecule has 10 heteroatoms. The number of carbonyl (C=O) groups excluding carboxylic acids is 4. The van der Waals surface area contributed by atoms with Gasteiger partial charge in [-0.15, -0.1) is 0 Å². The van der Waals surface area contributed by atoms with Crippen molar-refractivity contribution < 1.29 is 48.3 Å². The molecule has 0 aliphatic rings. The number of hydrogen-bond acceptors (Lipinski definition) is 10. The highest BCUT2D eigenvalue weighted by Gasteiger charge is 2.33. The summed E-state index contributed by atoms with van der Waals surface area (Å²) in [6.45, 7) is 3.71. The molecule has 0 amide bonds.